The predicted molar refractivity (Wildman–Crippen MR) is 214 cm³/mol. The van der Waals surface area contributed by atoms with Crippen LogP contribution < -0.4 is 4.90 Å². The van der Waals surface area contributed by atoms with Crippen LogP contribution in [0.5, 0.6) is 0 Å². The van der Waals surface area contributed by atoms with Crippen molar-refractivity contribution in [1.82, 2.24) is 0 Å². The second-order valence-electron chi connectivity index (χ2n) is 13.3. The van der Waals surface area contributed by atoms with E-state index in [1.54, 1.807) is 0 Å². The first-order valence-electron chi connectivity index (χ1n) is 17.5. The van der Waals surface area contributed by atoms with Crippen LogP contribution in [-0.2, 0) is 0 Å². The third-order valence-electron chi connectivity index (χ3n) is 10.3. The van der Waals surface area contributed by atoms with Crippen molar-refractivity contribution in [2.24, 2.45) is 0 Å². The molecule has 0 aliphatic heterocycles. The molecule has 0 atom stereocenters. The summed E-state index contributed by atoms with van der Waals surface area (Å²) < 4.78 is 19.3. The highest BCUT2D eigenvalue weighted by Crippen LogP contribution is 2.45. The molecule has 0 unspecified atom stereocenters. The standard InChI is InChI=1S/C48H29NO3/c1-3-11-33(12-4-1)49(34-13-5-2-6-14-34)41-18-10-20-45-47(41)40-28-32(23-26-44(40)50-45)35-16-9-17-38-39-27-30(22-25-43(39)52-48(35)38)31-21-24-37-36-15-7-8-19-42(36)51-46(37)29-31/h1-29H. The number of fused-ring (bicyclic) bond motifs is 9. The lowest BCUT2D eigenvalue weighted by Gasteiger charge is -2.26. The number of hydrogen-bond donors (Lipinski definition) is 0. The molecule has 0 amide bonds. The fraction of sp³-hybridized carbons (Fsp3) is 0. The molecule has 4 heteroatoms. The summed E-state index contributed by atoms with van der Waals surface area (Å²) in [6.07, 6.45) is 0. The molecule has 3 heterocycles. The maximum atomic E-state index is 6.65. The zero-order valence-electron chi connectivity index (χ0n) is 27.9. The van der Waals surface area contributed by atoms with Gasteiger partial charge in [0.05, 0.1) is 11.1 Å². The topological polar surface area (TPSA) is 42.7 Å². The van der Waals surface area contributed by atoms with E-state index in [1.807, 2.05) is 24.3 Å². The van der Waals surface area contributed by atoms with Gasteiger partial charge in [0, 0.05) is 43.9 Å². The van der Waals surface area contributed by atoms with Crippen LogP contribution in [0.25, 0.3) is 88.1 Å². The zero-order chi connectivity index (χ0) is 34.2. The first-order valence-corrected chi connectivity index (χ1v) is 17.5. The Labute approximate surface area is 298 Å². The van der Waals surface area contributed by atoms with Crippen LogP contribution in [0, 0.1) is 0 Å². The van der Waals surface area contributed by atoms with Gasteiger partial charge in [0.25, 0.3) is 0 Å². The summed E-state index contributed by atoms with van der Waals surface area (Å²) >= 11 is 0. The largest absolute Gasteiger partial charge is 0.456 e. The molecule has 3 aromatic heterocycles. The molecule has 0 N–H and O–H groups in total. The molecule has 0 saturated heterocycles. The van der Waals surface area contributed by atoms with Gasteiger partial charge in [-0.3, -0.25) is 0 Å². The average Bonchev–Trinajstić information content (AvgIpc) is 3.89. The maximum Gasteiger partial charge on any atom is 0.143 e. The number of hydrogen-bond acceptors (Lipinski definition) is 4. The summed E-state index contributed by atoms with van der Waals surface area (Å²) in [4.78, 5) is 2.30. The van der Waals surface area contributed by atoms with E-state index >= 15 is 0 Å². The van der Waals surface area contributed by atoms with E-state index in [0.717, 1.165) is 105 Å². The van der Waals surface area contributed by atoms with Gasteiger partial charge in [-0.05, 0) is 95.6 Å². The molecule has 0 saturated carbocycles. The smallest absolute Gasteiger partial charge is 0.143 e. The Morgan fingerprint density at radius 2 is 0.904 bits per heavy atom. The van der Waals surface area contributed by atoms with Crippen LogP contribution in [0.1, 0.15) is 0 Å². The van der Waals surface area contributed by atoms with Crippen molar-refractivity contribution in [2.75, 3.05) is 4.90 Å². The predicted octanol–water partition coefficient (Wildman–Crippen LogP) is 14.2. The monoisotopic (exact) mass is 667 g/mol. The highest BCUT2D eigenvalue weighted by atomic mass is 16.3. The highest BCUT2D eigenvalue weighted by Gasteiger charge is 2.21. The minimum atomic E-state index is 0.843. The number of furan rings is 3. The quantitative estimate of drug-likeness (QED) is 0.183. The molecule has 11 rings (SSSR count). The van der Waals surface area contributed by atoms with Crippen LogP contribution in [0.15, 0.2) is 189 Å². The minimum Gasteiger partial charge on any atom is -0.456 e. The van der Waals surface area contributed by atoms with E-state index in [9.17, 15) is 0 Å². The molecular formula is C48H29NO3. The fourth-order valence-corrected chi connectivity index (χ4v) is 7.85. The van der Waals surface area contributed by atoms with Gasteiger partial charge in [0.15, 0.2) is 0 Å². The minimum absolute atomic E-state index is 0.843. The molecule has 4 nitrogen and oxygen atoms in total. The highest BCUT2D eigenvalue weighted by molar-refractivity contribution is 6.16. The summed E-state index contributed by atoms with van der Waals surface area (Å²) in [5, 5.41) is 6.54. The number of nitrogens with zero attached hydrogens (tertiary/aromatic N) is 1. The first-order chi connectivity index (χ1) is 25.8. The molecule has 0 bridgehead atoms. The molecule has 0 radical (unpaired) electrons. The fourth-order valence-electron chi connectivity index (χ4n) is 7.85. The average molecular weight is 668 g/mol. The summed E-state index contributed by atoms with van der Waals surface area (Å²) in [5.41, 5.74) is 12.7. The summed E-state index contributed by atoms with van der Waals surface area (Å²) in [6.45, 7) is 0. The maximum absolute atomic E-state index is 6.65. The third-order valence-corrected chi connectivity index (χ3v) is 10.3. The SMILES string of the molecule is c1ccc(N(c2ccccc2)c2cccc3oc4ccc(-c5cccc6c5oc5ccc(-c7ccc8c(c7)oc7ccccc78)cc56)cc4c23)cc1. The van der Waals surface area contributed by atoms with Crippen LogP contribution in [0.3, 0.4) is 0 Å². The Balaban J connectivity index is 1.06. The summed E-state index contributed by atoms with van der Waals surface area (Å²) in [7, 11) is 0. The van der Waals surface area contributed by atoms with E-state index in [4.69, 9.17) is 13.3 Å². The van der Waals surface area contributed by atoms with Crippen molar-refractivity contribution in [3.63, 3.8) is 0 Å². The number of anilines is 3. The van der Waals surface area contributed by atoms with Crippen molar-refractivity contribution < 1.29 is 13.3 Å². The van der Waals surface area contributed by atoms with Crippen LogP contribution in [0.4, 0.5) is 17.1 Å². The van der Waals surface area contributed by atoms with Crippen molar-refractivity contribution in [3.8, 4) is 22.3 Å². The van der Waals surface area contributed by atoms with Gasteiger partial charge >= 0.3 is 0 Å². The van der Waals surface area contributed by atoms with E-state index in [-0.39, 0.29) is 0 Å². The normalized spacial score (nSPS) is 11.8. The lowest BCUT2D eigenvalue weighted by molar-refractivity contribution is 0.668. The number of benzene rings is 8. The Bertz CT molecular complexity index is 3090. The van der Waals surface area contributed by atoms with Crippen LogP contribution in [0.2, 0.25) is 0 Å². The second-order valence-corrected chi connectivity index (χ2v) is 13.3. The van der Waals surface area contributed by atoms with Gasteiger partial charge in [0.2, 0.25) is 0 Å². The van der Waals surface area contributed by atoms with Gasteiger partial charge in [-0.25, -0.2) is 0 Å². The van der Waals surface area contributed by atoms with Gasteiger partial charge in [0.1, 0.15) is 33.5 Å². The van der Waals surface area contributed by atoms with Crippen LogP contribution >= 0.6 is 0 Å². The second kappa shape index (κ2) is 11.2. The molecule has 244 valence electrons. The number of para-hydroxylation sites is 4. The lowest BCUT2D eigenvalue weighted by Crippen LogP contribution is -2.09. The Morgan fingerprint density at radius 3 is 1.73 bits per heavy atom. The lowest BCUT2D eigenvalue weighted by atomic mass is 9.98. The Morgan fingerprint density at radius 1 is 0.327 bits per heavy atom. The van der Waals surface area contributed by atoms with Crippen molar-refractivity contribution in [3.05, 3.63) is 176 Å². The summed E-state index contributed by atoms with van der Waals surface area (Å²) in [5.74, 6) is 0. The Hall–Kier alpha value is -7.04. The van der Waals surface area contributed by atoms with E-state index < -0.39 is 0 Å². The molecule has 52 heavy (non-hydrogen) atoms. The number of rotatable bonds is 5. The van der Waals surface area contributed by atoms with Crippen molar-refractivity contribution in [1.29, 1.82) is 0 Å². The Kier molecular flexibility index (Phi) is 6.22. The van der Waals surface area contributed by atoms with E-state index in [0.29, 0.717) is 0 Å². The third kappa shape index (κ3) is 4.41. The molecule has 8 aromatic carbocycles. The first kappa shape index (κ1) is 28.8. The molecular weight excluding hydrogens is 639 g/mol. The zero-order valence-corrected chi connectivity index (χ0v) is 27.9. The van der Waals surface area contributed by atoms with Gasteiger partial charge in [-0.1, -0.05) is 97.1 Å². The van der Waals surface area contributed by atoms with Crippen LogP contribution in [-0.4, -0.2) is 0 Å². The van der Waals surface area contributed by atoms with Gasteiger partial charge in [-0.15, -0.1) is 0 Å². The van der Waals surface area contributed by atoms with Gasteiger partial charge < -0.3 is 18.2 Å². The molecule has 0 aliphatic rings. The van der Waals surface area contributed by atoms with E-state index in [2.05, 4.69) is 157 Å². The van der Waals surface area contributed by atoms with Gasteiger partial charge in [-0.2, -0.15) is 0 Å². The van der Waals surface area contributed by atoms with Crippen molar-refractivity contribution in [2.45, 2.75) is 0 Å². The molecule has 11 aromatic rings. The van der Waals surface area contributed by atoms with E-state index in [1.165, 1.54) is 0 Å². The molecule has 0 spiro atoms. The molecule has 0 aliphatic carbocycles. The molecule has 0 fully saturated rings. The van der Waals surface area contributed by atoms with Crippen molar-refractivity contribution >= 4 is 82.9 Å². The summed E-state index contributed by atoms with van der Waals surface area (Å²) in [6, 6.07) is 61.2.